The molecule has 2 saturated heterocycles. The Morgan fingerprint density at radius 3 is 2.06 bits per heavy atom. The molecule has 0 radical (unpaired) electrons. The van der Waals surface area contributed by atoms with E-state index in [1.54, 1.807) is 13.0 Å². The molecule has 9 atom stereocenters. The molecular formula is C34H39N5O10S2. The number of amides is 3. The van der Waals surface area contributed by atoms with Crippen molar-refractivity contribution in [2.75, 3.05) is 23.7 Å². The number of aliphatic carboxylic acids is 1. The number of thiol groups is 1. The standard InChI is InChI=1S/C34H39N5O10S2/c1-15-26(25(16(2)40)31(43)39-14-21(50)11-24(39)30(42)37-20-8-4-6-18(10-20)33(46)47)38-27(34(48)49)28(15)51-22-12-23(35-13-22)29(41)36-19-7-3-5-17(9-19)32(44)45/h3-10,15-16,21-26,28,35,40,50H,11-14H2,1-2H3,(H,36,41)(H,37,42)(H,44,45)(H,46,47)(H,48,49)/t15-,16-,21+,22+,23+,24+,25+,26?,28?/m1/s1. The number of likely N-dealkylation sites (tertiary alicyclic amines) is 1. The lowest BCUT2D eigenvalue weighted by atomic mass is 9.85. The molecule has 51 heavy (non-hydrogen) atoms. The van der Waals surface area contributed by atoms with Crippen LogP contribution in [0.4, 0.5) is 11.4 Å². The van der Waals surface area contributed by atoms with Crippen molar-refractivity contribution < 1.29 is 49.2 Å². The topological polar surface area (TPSA) is 235 Å². The molecule has 2 fully saturated rings. The summed E-state index contributed by atoms with van der Waals surface area (Å²) < 4.78 is 0. The summed E-state index contributed by atoms with van der Waals surface area (Å²) in [7, 11) is 0. The van der Waals surface area contributed by atoms with Crippen molar-refractivity contribution >= 4 is 77.1 Å². The fraction of sp³-hybridized carbons (Fsp3) is 0.441. The second-order valence-electron chi connectivity index (χ2n) is 13.0. The van der Waals surface area contributed by atoms with Gasteiger partial charge >= 0.3 is 17.9 Å². The first-order chi connectivity index (χ1) is 24.1. The molecule has 0 aliphatic carbocycles. The molecule has 0 bridgehead atoms. The molecule has 3 aliphatic heterocycles. The van der Waals surface area contributed by atoms with E-state index < -0.39 is 71.0 Å². The number of anilines is 2. The minimum absolute atomic E-state index is 0.0251. The van der Waals surface area contributed by atoms with E-state index in [-0.39, 0.29) is 51.9 Å². The third kappa shape index (κ3) is 8.54. The van der Waals surface area contributed by atoms with Crippen molar-refractivity contribution in [1.29, 1.82) is 0 Å². The molecule has 7 N–H and O–H groups in total. The van der Waals surface area contributed by atoms with Crippen LogP contribution < -0.4 is 16.0 Å². The minimum Gasteiger partial charge on any atom is -0.478 e. The lowest BCUT2D eigenvalue weighted by Crippen LogP contribution is -2.51. The van der Waals surface area contributed by atoms with Crippen LogP contribution in [-0.4, -0.2) is 120 Å². The van der Waals surface area contributed by atoms with E-state index in [1.807, 2.05) is 0 Å². The van der Waals surface area contributed by atoms with Gasteiger partial charge in [0.05, 0.1) is 40.5 Å². The van der Waals surface area contributed by atoms with Gasteiger partial charge in [-0.15, -0.1) is 11.8 Å². The largest absolute Gasteiger partial charge is 0.478 e. The monoisotopic (exact) mass is 741 g/mol. The third-order valence-corrected chi connectivity index (χ3v) is 11.4. The van der Waals surface area contributed by atoms with Gasteiger partial charge in [0.1, 0.15) is 11.8 Å². The first kappa shape index (κ1) is 37.8. The van der Waals surface area contributed by atoms with E-state index in [0.29, 0.717) is 18.7 Å². The Balaban J connectivity index is 1.28. The average Bonchev–Trinajstić information content (AvgIpc) is 3.79. The van der Waals surface area contributed by atoms with Crippen molar-refractivity contribution in [3.8, 4) is 0 Å². The molecule has 2 unspecified atom stereocenters. The molecular weight excluding hydrogens is 703 g/mol. The molecule has 0 saturated carbocycles. The van der Waals surface area contributed by atoms with Gasteiger partial charge in [-0.2, -0.15) is 12.6 Å². The van der Waals surface area contributed by atoms with Crippen LogP contribution in [-0.2, 0) is 19.2 Å². The van der Waals surface area contributed by atoms with Gasteiger partial charge in [0.15, 0.2) is 0 Å². The summed E-state index contributed by atoms with van der Waals surface area (Å²) in [5, 5.41) is 46.9. The number of aliphatic imine (C=N–C) groups is 1. The summed E-state index contributed by atoms with van der Waals surface area (Å²) in [6.45, 7) is 3.64. The summed E-state index contributed by atoms with van der Waals surface area (Å²) in [6.07, 6.45) is -0.719. The van der Waals surface area contributed by atoms with E-state index >= 15 is 0 Å². The number of carbonyl (C=O) groups is 6. The second kappa shape index (κ2) is 15.8. The molecule has 272 valence electrons. The van der Waals surface area contributed by atoms with Crippen LogP contribution in [0.1, 0.15) is 47.4 Å². The van der Waals surface area contributed by atoms with Gasteiger partial charge in [-0.05, 0) is 62.1 Å². The Morgan fingerprint density at radius 2 is 1.51 bits per heavy atom. The van der Waals surface area contributed by atoms with E-state index in [4.69, 9.17) is 0 Å². The minimum atomic E-state index is -1.27. The van der Waals surface area contributed by atoms with Crippen LogP contribution in [0.3, 0.4) is 0 Å². The zero-order chi connectivity index (χ0) is 37.1. The summed E-state index contributed by atoms with van der Waals surface area (Å²) in [6, 6.07) is 9.00. The molecule has 2 aromatic carbocycles. The van der Waals surface area contributed by atoms with Crippen LogP contribution in [0.25, 0.3) is 0 Å². The first-order valence-electron chi connectivity index (χ1n) is 16.3. The van der Waals surface area contributed by atoms with Gasteiger partial charge in [-0.25, -0.2) is 14.4 Å². The number of thioether (sulfide) groups is 1. The summed E-state index contributed by atoms with van der Waals surface area (Å²) in [5.41, 5.74) is 0.398. The smallest absolute Gasteiger partial charge is 0.350 e. The van der Waals surface area contributed by atoms with Crippen LogP contribution in [0.5, 0.6) is 0 Å². The number of aliphatic hydroxyl groups is 1. The third-order valence-electron chi connectivity index (χ3n) is 9.33. The Kier molecular flexibility index (Phi) is 11.7. The second-order valence-corrected chi connectivity index (χ2v) is 15.1. The van der Waals surface area contributed by atoms with Gasteiger partial charge in [0, 0.05) is 35.0 Å². The Labute approximate surface area is 302 Å². The van der Waals surface area contributed by atoms with Crippen LogP contribution in [0.15, 0.2) is 53.5 Å². The first-order valence-corrected chi connectivity index (χ1v) is 17.7. The fourth-order valence-corrected chi connectivity index (χ4v) is 8.80. The van der Waals surface area contributed by atoms with E-state index in [1.165, 1.54) is 66.1 Å². The van der Waals surface area contributed by atoms with Crippen molar-refractivity contribution in [3.63, 3.8) is 0 Å². The van der Waals surface area contributed by atoms with Crippen molar-refractivity contribution in [1.82, 2.24) is 10.2 Å². The molecule has 2 aromatic rings. The maximum Gasteiger partial charge on any atom is 0.350 e. The molecule has 5 rings (SSSR count). The predicted octanol–water partition coefficient (Wildman–Crippen LogP) is 1.93. The number of carboxylic acid groups (broad SMARTS) is 3. The average molecular weight is 742 g/mol. The Hall–Kier alpha value is -4.45. The van der Waals surface area contributed by atoms with E-state index in [9.17, 15) is 49.2 Å². The van der Waals surface area contributed by atoms with Gasteiger partial charge < -0.3 is 41.3 Å². The molecule has 0 aromatic heterocycles. The van der Waals surface area contributed by atoms with Crippen LogP contribution in [0.2, 0.25) is 0 Å². The quantitative estimate of drug-likeness (QED) is 0.146. The number of benzene rings is 2. The molecule has 15 nitrogen and oxygen atoms in total. The SMILES string of the molecule is C[C@H]1C(S[C@@H]2CN[C@H](C(=O)Nc3cccc(C(=O)O)c3)C2)C(C(=O)O)=NC1[C@@H](C(=O)N1C[C@@H](S)C[C@H]1C(=O)Nc1cccc(C(=O)O)c1)[C@@H](C)O. The number of aromatic carboxylic acids is 2. The number of carbonyl (C=O) groups excluding carboxylic acids is 3. The zero-order valence-electron chi connectivity index (χ0n) is 27.6. The van der Waals surface area contributed by atoms with Crippen molar-refractivity contribution in [2.45, 2.75) is 66.7 Å². The summed E-state index contributed by atoms with van der Waals surface area (Å²) in [5.74, 6) is -6.79. The van der Waals surface area contributed by atoms with Gasteiger partial charge in [0.2, 0.25) is 17.7 Å². The highest BCUT2D eigenvalue weighted by molar-refractivity contribution is 8.01. The molecule has 0 spiro atoms. The number of nitrogens with one attached hydrogen (secondary N) is 3. The van der Waals surface area contributed by atoms with Crippen molar-refractivity contribution in [3.05, 3.63) is 59.7 Å². The number of hydrogen-bond acceptors (Lipinski definition) is 11. The molecule has 3 amide bonds. The molecule has 3 heterocycles. The summed E-state index contributed by atoms with van der Waals surface area (Å²) >= 11 is 5.84. The highest BCUT2D eigenvalue weighted by atomic mass is 32.2. The lowest BCUT2D eigenvalue weighted by molar-refractivity contribution is -0.144. The fourth-order valence-electron chi connectivity index (χ4n) is 6.82. The van der Waals surface area contributed by atoms with E-state index in [0.717, 1.165) is 0 Å². The molecule has 3 aliphatic rings. The molecule has 17 heteroatoms. The van der Waals surface area contributed by atoms with Gasteiger partial charge in [-0.3, -0.25) is 19.4 Å². The maximum absolute atomic E-state index is 14.2. The highest BCUT2D eigenvalue weighted by Gasteiger charge is 2.51. The van der Waals surface area contributed by atoms with Gasteiger partial charge in [-0.1, -0.05) is 19.1 Å². The predicted molar refractivity (Wildman–Crippen MR) is 192 cm³/mol. The van der Waals surface area contributed by atoms with E-state index in [2.05, 4.69) is 33.6 Å². The van der Waals surface area contributed by atoms with Gasteiger partial charge in [0.25, 0.3) is 0 Å². The lowest BCUT2D eigenvalue weighted by Gasteiger charge is -2.34. The number of hydrogen-bond donors (Lipinski definition) is 8. The Bertz CT molecular complexity index is 1760. The number of rotatable bonds is 12. The van der Waals surface area contributed by atoms with Crippen LogP contribution in [0, 0.1) is 11.8 Å². The Morgan fingerprint density at radius 1 is 0.922 bits per heavy atom. The van der Waals surface area contributed by atoms with Crippen molar-refractivity contribution in [2.24, 2.45) is 16.8 Å². The zero-order valence-corrected chi connectivity index (χ0v) is 29.3. The number of aliphatic hydroxyl groups excluding tert-OH is 1. The summed E-state index contributed by atoms with van der Waals surface area (Å²) in [4.78, 5) is 81.6. The number of nitrogens with zero attached hydrogens (tertiary/aromatic N) is 2. The normalized spacial score (nSPS) is 26.9. The van der Waals surface area contributed by atoms with Crippen LogP contribution >= 0.6 is 24.4 Å². The maximum atomic E-state index is 14.2. The highest BCUT2D eigenvalue weighted by Crippen LogP contribution is 2.41. The number of carboxylic acids is 3.